The molecule has 0 fully saturated rings. The van der Waals surface area contributed by atoms with Gasteiger partial charge in [-0.1, -0.05) is 36.4 Å². The Hall–Kier alpha value is -2.78. The van der Waals surface area contributed by atoms with Crippen LogP contribution in [0.25, 0.3) is 0 Å². The average molecular weight is 317 g/mol. The van der Waals surface area contributed by atoms with Crippen LogP contribution in [0, 0.1) is 0 Å². The first kappa shape index (κ1) is 14.8. The molecule has 1 aliphatic heterocycles. The molecule has 0 saturated heterocycles. The second-order valence-corrected chi connectivity index (χ2v) is 6.00. The van der Waals surface area contributed by atoms with Crippen molar-refractivity contribution in [3.63, 3.8) is 0 Å². The number of aromatic hydroxyl groups is 1. The fourth-order valence-corrected chi connectivity index (χ4v) is 3.20. The Bertz CT molecular complexity index is 828. The van der Waals surface area contributed by atoms with Gasteiger partial charge in [0.1, 0.15) is 17.2 Å². The summed E-state index contributed by atoms with van der Waals surface area (Å²) in [7, 11) is 0. The molecule has 0 aliphatic carbocycles. The second-order valence-electron chi connectivity index (χ2n) is 6.00. The number of nitrogens with one attached hydrogen (secondary N) is 1. The Kier molecular flexibility index (Phi) is 3.93. The molecule has 0 saturated carbocycles. The van der Waals surface area contributed by atoms with E-state index in [1.165, 1.54) is 16.7 Å². The molecule has 1 aliphatic rings. The molecule has 120 valence electrons. The van der Waals surface area contributed by atoms with Gasteiger partial charge in [-0.25, -0.2) is 0 Å². The van der Waals surface area contributed by atoms with E-state index in [4.69, 9.17) is 4.74 Å². The van der Waals surface area contributed by atoms with Gasteiger partial charge in [0.2, 0.25) is 0 Å². The van der Waals surface area contributed by atoms with Gasteiger partial charge in [-0.2, -0.15) is 0 Å². The maximum absolute atomic E-state index is 9.68. The van der Waals surface area contributed by atoms with Crippen LogP contribution in [0.4, 0.5) is 0 Å². The summed E-state index contributed by atoms with van der Waals surface area (Å²) in [6, 6.07) is 23.8. The van der Waals surface area contributed by atoms with E-state index >= 15 is 0 Å². The zero-order valence-electron chi connectivity index (χ0n) is 13.3. The van der Waals surface area contributed by atoms with E-state index in [0.29, 0.717) is 5.75 Å². The molecule has 1 unspecified atom stereocenters. The molecule has 0 bridgehead atoms. The van der Waals surface area contributed by atoms with E-state index in [2.05, 4.69) is 17.4 Å². The zero-order valence-corrected chi connectivity index (χ0v) is 13.3. The molecule has 1 heterocycles. The topological polar surface area (TPSA) is 41.5 Å². The van der Waals surface area contributed by atoms with Gasteiger partial charge in [0.25, 0.3) is 0 Å². The van der Waals surface area contributed by atoms with Crippen LogP contribution in [0.1, 0.15) is 22.7 Å². The highest BCUT2D eigenvalue weighted by atomic mass is 16.5. The predicted molar refractivity (Wildman–Crippen MR) is 94.6 cm³/mol. The predicted octanol–water partition coefficient (Wildman–Crippen LogP) is 4.42. The van der Waals surface area contributed by atoms with Gasteiger partial charge in [-0.15, -0.1) is 0 Å². The number of rotatable bonds is 3. The Morgan fingerprint density at radius 1 is 0.875 bits per heavy atom. The molecule has 3 heteroatoms. The van der Waals surface area contributed by atoms with Gasteiger partial charge in [0.15, 0.2) is 0 Å². The van der Waals surface area contributed by atoms with E-state index < -0.39 is 0 Å². The standard InChI is InChI=1S/C21H19NO2/c23-17-8-11-20-16(14-17)12-13-22-21(20)15-6-9-19(10-7-15)24-18-4-2-1-3-5-18/h1-11,14,21-23H,12-13H2. The Morgan fingerprint density at radius 2 is 1.62 bits per heavy atom. The minimum atomic E-state index is 0.153. The SMILES string of the molecule is Oc1ccc2c(c1)CCNC2c1ccc(Oc2ccccc2)cc1. The summed E-state index contributed by atoms with van der Waals surface area (Å²) in [5.41, 5.74) is 3.64. The molecule has 3 aromatic carbocycles. The molecule has 1 atom stereocenters. The minimum Gasteiger partial charge on any atom is -0.508 e. The quantitative estimate of drug-likeness (QED) is 0.751. The van der Waals surface area contributed by atoms with Crippen molar-refractivity contribution in [1.82, 2.24) is 5.32 Å². The fraction of sp³-hybridized carbons (Fsp3) is 0.143. The van der Waals surface area contributed by atoms with Crippen molar-refractivity contribution in [3.05, 3.63) is 89.5 Å². The summed E-state index contributed by atoms with van der Waals surface area (Å²) in [5, 5.41) is 13.2. The Morgan fingerprint density at radius 3 is 2.42 bits per heavy atom. The number of hydrogen-bond acceptors (Lipinski definition) is 3. The average Bonchev–Trinajstić information content (AvgIpc) is 2.62. The van der Waals surface area contributed by atoms with Crippen molar-refractivity contribution in [2.75, 3.05) is 6.54 Å². The van der Waals surface area contributed by atoms with E-state index in [1.54, 1.807) is 6.07 Å². The molecule has 0 aromatic heterocycles. The van der Waals surface area contributed by atoms with Crippen LogP contribution in [-0.4, -0.2) is 11.7 Å². The van der Waals surface area contributed by atoms with Gasteiger partial charge >= 0.3 is 0 Å². The third-order valence-corrected chi connectivity index (χ3v) is 4.37. The van der Waals surface area contributed by atoms with Gasteiger partial charge < -0.3 is 15.2 Å². The lowest BCUT2D eigenvalue weighted by molar-refractivity contribution is 0.471. The Labute approximate surface area is 141 Å². The summed E-state index contributed by atoms with van der Waals surface area (Å²) >= 11 is 0. The van der Waals surface area contributed by atoms with Gasteiger partial charge in [-0.05, 0) is 59.5 Å². The maximum Gasteiger partial charge on any atom is 0.127 e. The van der Waals surface area contributed by atoms with Crippen LogP contribution >= 0.6 is 0 Å². The molecular weight excluding hydrogens is 298 g/mol. The molecule has 24 heavy (non-hydrogen) atoms. The highest BCUT2D eigenvalue weighted by molar-refractivity contribution is 5.44. The van der Waals surface area contributed by atoms with E-state index in [9.17, 15) is 5.11 Å². The molecule has 4 rings (SSSR count). The lowest BCUT2D eigenvalue weighted by atomic mass is 9.90. The second kappa shape index (κ2) is 6.38. The third-order valence-electron chi connectivity index (χ3n) is 4.37. The number of fused-ring (bicyclic) bond motifs is 1. The summed E-state index contributed by atoms with van der Waals surface area (Å²) in [6.07, 6.45) is 0.940. The smallest absolute Gasteiger partial charge is 0.127 e. The van der Waals surface area contributed by atoms with E-state index in [-0.39, 0.29) is 6.04 Å². The van der Waals surface area contributed by atoms with Gasteiger partial charge in [0, 0.05) is 6.54 Å². The summed E-state index contributed by atoms with van der Waals surface area (Å²) in [4.78, 5) is 0. The molecule has 0 radical (unpaired) electrons. The molecule has 3 aromatic rings. The lowest BCUT2D eigenvalue weighted by Gasteiger charge is -2.27. The number of para-hydroxylation sites is 1. The first-order valence-corrected chi connectivity index (χ1v) is 8.18. The van der Waals surface area contributed by atoms with Crippen LogP contribution in [0.5, 0.6) is 17.2 Å². The number of phenols is 1. The third kappa shape index (κ3) is 2.99. The summed E-state index contributed by atoms with van der Waals surface area (Å²) in [6.45, 7) is 0.906. The van der Waals surface area contributed by atoms with Crippen LogP contribution in [0.2, 0.25) is 0 Å². The lowest BCUT2D eigenvalue weighted by Crippen LogP contribution is -2.30. The van der Waals surface area contributed by atoms with Crippen molar-refractivity contribution >= 4 is 0 Å². The molecule has 2 N–H and O–H groups in total. The Balaban J connectivity index is 1.58. The first-order chi connectivity index (χ1) is 11.8. The van der Waals surface area contributed by atoms with E-state index in [0.717, 1.165) is 24.5 Å². The maximum atomic E-state index is 9.68. The molecular formula is C21H19NO2. The largest absolute Gasteiger partial charge is 0.508 e. The molecule has 0 spiro atoms. The van der Waals surface area contributed by atoms with Crippen LogP contribution in [0.3, 0.4) is 0 Å². The van der Waals surface area contributed by atoms with Crippen molar-refractivity contribution in [2.24, 2.45) is 0 Å². The van der Waals surface area contributed by atoms with Crippen molar-refractivity contribution in [2.45, 2.75) is 12.5 Å². The van der Waals surface area contributed by atoms with Crippen molar-refractivity contribution < 1.29 is 9.84 Å². The van der Waals surface area contributed by atoms with Crippen LogP contribution in [-0.2, 0) is 6.42 Å². The van der Waals surface area contributed by atoms with Crippen molar-refractivity contribution in [1.29, 1.82) is 0 Å². The number of hydrogen-bond donors (Lipinski definition) is 2. The number of benzene rings is 3. The molecule has 0 amide bonds. The van der Waals surface area contributed by atoms with Crippen molar-refractivity contribution in [3.8, 4) is 17.2 Å². The first-order valence-electron chi connectivity index (χ1n) is 8.18. The van der Waals surface area contributed by atoms with Crippen LogP contribution in [0.15, 0.2) is 72.8 Å². The monoisotopic (exact) mass is 317 g/mol. The highest BCUT2D eigenvalue weighted by Gasteiger charge is 2.21. The summed E-state index contributed by atoms with van der Waals surface area (Å²) in [5.74, 6) is 1.99. The normalized spacial score (nSPS) is 16.4. The minimum absolute atomic E-state index is 0.153. The zero-order chi connectivity index (χ0) is 16.4. The fourth-order valence-electron chi connectivity index (χ4n) is 3.20. The number of ether oxygens (including phenoxy) is 1. The number of phenolic OH excluding ortho intramolecular Hbond substituents is 1. The van der Waals surface area contributed by atoms with Crippen LogP contribution < -0.4 is 10.1 Å². The van der Waals surface area contributed by atoms with Gasteiger partial charge in [0.05, 0.1) is 6.04 Å². The van der Waals surface area contributed by atoms with Gasteiger partial charge in [-0.3, -0.25) is 0 Å². The highest BCUT2D eigenvalue weighted by Crippen LogP contribution is 2.32. The molecule has 3 nitrogen and oxygen atoms in total. The van der Waals surface area contributed by atoms with E-state index in [1.807, 2.05) is 54.6 Å². The summed E-state index contributed by atoms with van der Waals surface area (Å²) < 4.78 is 5.85.